The highest BCUT2D eigenvalue weighted by atomic mass is 35.5. The van der Waals surface area contributed by atoms with E-state index in [4.69, 9.17) is 10.5 Å². The zero-order chi connectivity index (χ0) is 18.4. The molecule has 0 radical (unpaired) electrons. The summed E-state index contributed by atoms with van der Waals surface area (Å²) < 4.78 is 19.2. The van der Waals surface area contributed by atoms with Crippen molar-refractivity contribution in [1.82, 2.24) is 4.90 Å². The monoisotopic (exact) mass is 392 g/mol. The number of halogens is 2. The second-order valence-corrected chi connectivity index (χ2v) is 6.76. The lowest BCUT2D eigenvalue weighted by Crippen LogP contribution is -2.38. The summed E-state index contributed by atoms with van der Waals surface area (Å²) in [6.45, 7) is 1.60. The predicted octanol–water partition coefficient (Wildman–Crippen LogP) is 3.85. The molecule has 1 heterocycles. The van der Waals surface area contributed by atoms with Gasteiger partial charge in [-0.05, 0) is 36.1 Å². The number of nitrogens with zero attached hydrogens (tertiary/aromatic N) is 1. The minimum atomic E-state index is -0.358. The number of carbonyl (C=O) groups excluding carboxylic acids is 1. The first kappa shape index (κ1) is 21.4. The fourth-order valence-electron chi connectivity index (χ4n) is 3.28. The normalized spacial score (nSPS) is 17.2. The van der Waals surface area contributed by atoms with Gasteiger partial charge in [-0.1, -0.05) is 42.5 Å². The fraction of sp³-hybridized carbons (Fsp3) is 0.381. The molecular formula is C21H26ClFN2O2. The Balaban J connectivity index is 0.00000261. The zero-order valence-corrected chi connectivity index (χ0v) is 16.0. The van der Waals surface area contributed by atoms with Gasteiger partial charge in [-0.15, -0.1) is 12.4 Å². The Labute approximate surface area is 165 Å². The maximum atomic E-state index is 13.5. The molecule has 4 nitrogen and oxygen atoms in total. The molecule has 0 bridgehead atoms. The van der Waals surface area contributed by atoms with E-state index in [2.05, 4.69) is 0 Å². The summed E-state index contributed by atoms with van der Waals surface area (Å²) in [5.74, 6) is -0.339. The minimum Gasteiger partial charge on any atom is -0.376 e. The van der Waals surface area contributed by atoms with Gasteiger partial charge >= 0.3 is 0 Å². The lowest BCUT2D eigenvalue weighted by atomic mass is 10.0. The van der Waals surface area contributed by atoms with E-state index < -0.39 is 0 Å². The molecule has 2 atom stereocenters. The third-order valence-corrected chi connectivity index (χ3v) is 4.69. The molecule has 27 heavy (non-hydrogen) atoms. The Morgan fingerprint density at radius 3 is 2.67 bits per heavy atom. The number of hydrogen-bond acceptors (Lipinski definition) is 3. The molecule has 146 valence electrons. The molecule has 2 aromatic carbocycles. The number of ether oxygens (including phenoxy) is 1. The van der Waals surface area contributed by atoms with Gasteiger partial charge in [0, 0.05) is 32.2 Å². The van der Waals surface area contributed by atoms with Crippen LogP contribution in [0.15, 0.2) is 54.6 Å². The van der Waals surface area contributed by atoms with Crippen LogP contribution in [0.25, 0.3) is 0 Å². The van der Waals surface area contributed by atoms with Crippen LogP contribution >= 0.6 is 12.4 Å². The van der Waals surface area contributed by atoms with E-state index in [9.17, 15) is 9.18 Å². The highest BCUT2D eigenvalue weighted by molar-refractivity contribution is 5.85. The van der Waals surface area contributed by atoms with Crippen LogP contribution < -0.4 is 5.73 Å². The van der Waals surface area contributed by atoms with Gasteiger partial charge in [0.15, 0.2) is 0 Å². The van der Waals surface area contributed by atoms with Gasteiger partial charge in [0.2, 0.25) is 5.91 Å². The van der Waals surface area contributed by atoms with Gasteiger partial charge in [0.25, 0.3) is 0 Å². The standard InChI is InChI=1S/C21H25FN2O2.ClH/c22-18-9-4-6-16(12-18)14-24(15-19-10-5-11-26-19)21(25)13-20(23)17-7-2-1-3-8-17;/h1-4,6-9,12,19-20H,5,10-11,13-15,23H2;1H. The topological polar surface area (TPSA) is 55.6 Å². The van der Waals surface area contributed by atoms with Gasteiger partial charge in [0.1, 0.15) is 5.82 Å². The molecule has 1 aliphatic heterocycles. The molecular weight excluding hydrogens is 367 g/mol. The third kappa shape index (κ3) is 6.31. The first-order valence-corrected chi connectivity index (χ1v) is 9.06. The average Bonchev–Trinajstić information content (AvgIpc) is 3.15. The van der Waals surface area contributed by atoms with Crippen LogP contribution in [-0.2, 0) is 16.1 Å². The Kier molecular flexibility index (Phi) is 8.23. The van der Waals surface area contributed by atoms with Crippen molar-refractivity contribution in [2.45, 2.75) is 38.0 Å². The van der Waals surface area contributed by atoms with Gasteiger partial charge in [0.05, 0.1) is 6.10 Å². The molecule has 2 unspecified atom stereocenters. The van der Waals surface area contributed by atoms with Crippen molar-refractivity contribution in [3.8, 4) is 0 Å². The van der Waals surface area contributed by atoms with Gasteiger partial charge in [-0.25, -0.2) is 4.39 Å². The fourth-order valence-corrected chi connectivity index (χ4v) is 3.28. The summed E-state index contributed by atoms with van der Waals surface area (Å²) in [4.78, 5) is 14.6. The first-order chi connectivity index (χ1) is 12.6. The Morgan fingerprint density at radius 1 is 1.22 bits per heavy atom. The average molecular weight is 393 g/mol. The maximum Gasteiger partial charge on any atom is 0.224 e. The quantitative estimate of drug-likeness (QED) is 0.778. The van der Waals surface area contributed by atoms with Crippen molar-refractivity contribution >= 4 is 18.3 Å². The van der Waals surface area contributed by atoms with Gasteiger partial charge in [-0.2, -0.15) is 0 Å². The van der Waals surface area contributed by atoms with Crippen molar-refractivity contribution in [3.05, 3.63) is 71.5 Å². The third-order valence-electron chi connectivity index (χ3n) is 4.69. The minimum absolute atomic E-state index is 0. The number of amides is 1. The largest absolute Gasteiger partial charge is 0.376 e. The van der Waals surface area contributed by atoms with Crippen LogP contribution in [0.3, 0.4) is 0 Å². The second kappa shape index (κ2) is 10.4. The molecule has 1 amide bonds. The van der Waals surface area contributed by atoms with E-state index in [1.54, 1.807) is 11.0 Å². The highest BCUT2D eigenvalue weighted by Gasteiger charge is 2.24. The zero-order valence-electron chi connectivity index (χ0n) is 15.2. The lowest BCUT2D eigenvalue weighted by molar-refractivity contribution is -0.133. The number of benzene rings is 2. The first-order valence-electron chi connectivity index (χ1n) is 9.06. The predicted molar refractivity (Wildman–Crippen MR) is 106 cm³/mol. The number of carbonyl (C=O) groups is 1. The highest BCUT2D eigenvalue weighted by Crippen LogP contribution is 2.19. The summed E-state index contributed by atoms with van der Waals surface area (Å²) >= 11 is 0. The van der Waals surface area contributed by atoms with E-state index >= 15 is 0 Å². The molecule has 2 N–H and O–H groups in total. The van der Waals surface area contributed by atoms with Crippen LogP contribution in [0.5, 0.6) is 0 Å². The van der Waals surface area contributed by atoms with Crippen LogP contribution in [-0.4, -0.2) is 30.1 Å². The van der Waals surface area contributed by atoms with Crippen LogP contribution in [0, 0.1) is 5.82 Å². The molecule has 1 saturated heterocycles. The van der Waals surface area contributed by atoms with Crippen molar-refractivity contribution in [1.29, 1.82) is 0 Å². The molecule has 6 heteroatoms. The van der Waals surface area contributed by atoms with E-state index in [0.717, 1.165) is 30.6 Å². The molecule has 0 spiro atoms. The maximum absolute atomic E-state index is 13.5. The Morgan fingerprint density at radius 2 is 2.00 bits per heavy atom. The summed E-state index contributed by atoms with van der Waals surface area (Å²) in [6, 6.07) is 15.6. The SMILES string of the molecule is Cl.NC(CC(=O)N(Cc1cccc(F)c1)CC1CCCO1)c1ccccc1. The van der Waals surface area contributed by atoms with Gasteiger partial charge < -0.3 is 15.4 Å². The molecule has 1 fully saturated rings. The summed E-state index contributed by atoms with van der Waals surface area (Å²) in [6.07, 6.45) is 2.21. The molecule has 3 rings (SSSR count). The van der Waals surface area contributed by atoms with Crippen molar-refractivity contribution < 1.29 is 13.9 Å². The van der Waals surface area contributed by atoms with E-state index in [-0.39, 0.29) is 42.7 Å². The molecule has 1 aliphatic rings. The summed E-state index contributed by atoms with van der Waals surface area (Å²) in [7, 11) is 0. The summed E-state index contributed by atoms with van der Waals surface area (Å²) in [5, 5.41) is 0. The van der Waals surface area contributed by atoms with E-state index in [1.807, 2.05) is 36.4 Å². The summed E-state index contributed by atoms with van der Waals surface area (Å²) in [5.41, 5.74) is 7.92. The van der Waals surface area contributed by atoms with Crippen LogP contribution in [0.2, 0.25) is 0 Å². The van der Waals surface area contributed by atoms with Crippen molar-refractivity contribution in [3.63, 3.8) is 0 Å². The Bertz CT molecular complexity index is 723. The Hall–Kier alpha value is -1.95. The van der Waals surface area contributed by atoms with E-state index in [1.165, 1.54) is 12.1 Å². The lowest BCUT2D eigenvalue weighted by Gasteiger charge is -2.27. The van der Waals surface area contributed by atoms with Crippen LogP contribution in [0.1, 0.15) is 36.4 Å². The smallest absolute Gasteiger partial charge is 0.224 e. The second-order valence-electron chi connectivity index (χ2n) is 6.76. The van der Waals surface area contributed by atoms with Gasteiger partial charge in [-0.3, -0.25) is 4.79 Å². The molecule has 2 aromatic rings. The molecule has 0 aromatic heterocycles. The van der Waals surface area contributed by atoms with E-state index in [0.29, 0.717) is 13.1 Å². The molecule has 0 aliphatic carbocycles. The molecule has 0 saturated carbocycles. The number of rotatable bonds is 7. The van der Waals surface area contributed by atoms with Crippen LogP contribution in [0.4, 0.5) is 4.39 Å². The van der Waals surface area contributed by atoms with Crippen molar-refractivity contribution in [2.75, 3.05) is 13.2 Å². The number of hydrogen-bond donors (Lipinski definition) is 1. The number of nitrogens with two attached hydrogens (primary N) is 1. The van der Waals surface area contributed by atoms with Crippen molar-refractivity contribution in [2.24, 2.45) is 5.73 Å².